The van der Waals surface area contributed by atoms with Crippen LogP contribution in [0.3, 0.4) is 0 Å². The fraction of sp³-hybridized carbons (Fsp3) is 0.250. The summed E-state index contributed by atoms with van der Waals surface area (Å²) < 4.78 is 0. The van der Waals surface area contributed by atoms with Crippen molar-refractivity contribution in [1.82, 2.24) is 0 Å². The van der Waals surface area contributed by atoms with Gasteiger partial charge in [-0.25, -0.2) is 0 Å². The molecule has 0 fully saturated rings. The van der Waals surface area contributed by atoms with Gasteiger partial charge < -0.3 is 10.1 Å². The van der Waals surface area contributed by atoms with E-state index in [-0.39, 0.29) is 14.0 Å². The Kier molecular flexibility index (Phi) is 5.34. The molecular formula is C16H21BO2. The number of hydrogen-bond acceptors (Lipinski definition) is 2. The molecule has 0 bridgehead atoms. The minimum absolute atomic E-state index is 0. The van der Waals surface area contributed by atoms with Gasteiger partial charge >= 0.3 is 6.92 Å². The van der Waals surface area contributed by atoms with E-state index in [1.54, 1.807) is 0 Å². The predicted molar refractivity (Wildman–Crippen MR) is 82.3 cm³/mol. The maximum absolute atomic E-state index is 10.3. The normalized spacial score (nSPS) is 9.89. The van der Waals surface area contributed by atoms with E-state index in [1.807, 2.05) is 49.4 Å². The third kappa shape index (κ3) is 3.46. The summed E-state index contributed by atoms with van der Waals surface area (Å²) in [5.74, 6) is 0. The lowest BCUT2D eigenvalue weighted by atomic mass is 9.55. The Morgan fingerprint density at radius 2 is 1.47 bits per heavy atom. The van der Waals surface area contributed by atoms with Crippen molar-refractivity contribution in [3.05, 3.63) is 59.2 Å². The molecule has 2 nitrogen and oxygen atoms in total. The van der Waals surface area contributed by atoms with Crippen molar-refractivity contribution in [2.45, 2.75) is 27.9 Å². The lowest BCUT2D eigenvalue weighted by Gasteiger charge is -2.10. The Morgan fingerprint density at radius 1 is 0.895 bits per heavy atom. The van der Waals surface area contributed by atoms with Crippen molar-refractivity contribution in [2.75, 3.05) is 0 Å². The molecular weight excluding hydrogens is 235 g/mol. The van der Waals surface area contributed by atoms with Crippen LogP contribution in [0, 0.1) is 13.8 Å². The number of benzene rings is 2. The standard InChI is InChI=1S/C15H17BO2.CH4/c1-11-3-6-15(9-12(11)2)16(18)14-7-4-13(10-17)5-8-14;/h3-9,17-18H,10H2,1-2H3;1H4. The fourth-order valence-corrected chi connectivity index (χ4v) is 1.93. The van der Waals surface area contributed by atoms with E-state index in [0.29, 0.717) is 0 Å². The van der Waals surface area contributed by atoms with Crippen molar-refractivity contribution >= 4 is 17.8 Å². The van der Waals surface area contributed by atoms with Crippen LogP contribution in [-0.4, -0.2) is 17.0 Å². The first-order chi connectivity index (χ1) is 8.61. The second-order valence-electron chi connectivity index (χ2n) is 4.65. The van der Waals surface area contributed by atoms with Crippen LogP contribution in [0.5, 0.6) is 0 Å². The van der Waals surface area contributed by atoms with E-state index in [2.05, 4.69) is 6.92 Å². The summed E-state index contributed by atoms with van der Waals surface area (Å²) in [5.41, 5.74) is 5.00. The lowest BCUT2D eigenvalue weighted by molar-refractivity contribution is 0.282. The Balaban J connectivity index is 0.00000180. The monoisotopic (exact) mass is 256 g/mol. The minimum atomic E-state index is -0.614. The van der Waals surface area contributed by atoms with Gasteiger partial charge in [-0.1, -0.05) is 49.9 Å². The smallest absolute Gasteiger partial charge is 0.358 e. The van der Waals surface area contributed by atoms with Crippen LogP contribution in [0.15, 0.2) is 42.5 Å². The molecule has 3 heteroatoms. The zero-order valence-corrected chi connectivity index (χ0v) is 10.7. The summed E-state index contributed by atoms with van der Waals surface area (Å²) >= 11 is 0. The number of aliphatic hydroxyl groups is 1. The number of aryl methyl sites for hydroxylation is 2. The van der Waals surface area contributed by atoms with Crippen LogP contribution < -0.4 is 10.9 Å². The molecule has 2 aromatic carbocycles. The number of aliphatic hydroxyl groups excluding tert-OH is 1. The van der Waals surface area contributed by atoms with Crippen molar-refractivity contribution in [3.8, 4) is 0 Å². The highest BCUT2D eigenvalue weighted by Gasteiger charge is 2.17. The van der Waals surface area contributed by atoms with Crippen molar-refractivity contribution in [2.24, 2.45) is 0 Å². The van der Waals surface area contributed by atoms with Crippen molar-refractivity contribution < 1.29 is 10.1 Å². The maximum atomic E-state index is 10.3. The largest absolute Gasteiger partial charge is 0.443 e. The minimum Gasteiger partial charge on any atom is -0.443 e. The highest BCUT2D eigenvalue weighted by Crippen LogP contribution is 2.04. The molecule has 0 saturated heterocycles. The van der Waals surface area contributed by atoms with Crippen molar-refractivity contribution in [3.63, 3.8) is 0 Å². The summed E-state index contributed by atoms with van der Waals surface area (Å²) in [6, 6.07) is 13.4. The zero-order chi connectivity index (χ0) is 13.1. The van der Waals surface area contributed by atoms with E-state index < -0.39 is 6.92 Å². The van der Waals surface area contributed by atoms with Gasteiger partial charge in [0.05, 0.1) is 6.61 Å². The van der Waals surface area contributed by atoms with Gasteiger partial charge in [-0.3, -0.25) is 0 Å². The molecule has 19 heavy (non-hydrogen) atoms. The summed E-state index contributed by atoms with van der Waals surface area (Å²) in [6.45, 7) is 3.51. The summed E-state index contributed by atoms with van der Waals surface area (Å²) in [7, 11) is 0. The molecule has 2 N–H and O–H groups in total. The Hall–Kier alpha value is -1.58. The average molecular weight is 256 g/mol. The molecule has 0 atom stereocenters. The molecule has 0 aromatic heterocycles. The molecule has 0 saturated carbocycles. The van der Waals surface area contributed by atoms with Gasteiger partial charge in [0.2, 0.25) is 0 Å². The van der Waals surface area contributed by atoms with E-state index in [9.17, 15) is 5.02 Å². The van der Waals surface area contributed by atoms with Crippen LogP contribution in [0.25, 0.3) is 0 Å². The van der Waals surface area contributed by atoms with E-state index in [1.165, 1.54) is 11.1 Å². The molecule has 0 heterocycles. The second-order valence-corrected chi connectivity index (χ2v) is 4.65. The third-order valence-electron chi connectivity index (χ3n) is 3.32. The summed E-state index contributed by atoms with van der Waals surface area (Å²) in [4.78, 5) is 0. The Morgan fingerprint density at radius 3 is 2.00 bits per heavy atom. The van der Waals surface area contributed by atoms with Crippen LogP contribution in [0.4, 0.5) is 0 Å². The highest BCUT2D eigenvalue weighted by molar-refractivity contribution is 6.78. The molecule has 2 aromatic rings. The molecule has 0 aliphatic carbocycles. The second kappa shape index (κ2) is 6.55. The zero-order valence-electron chi connectivity index (χ0n) is 10.7. The fourth-order valence-electron chi connectivity index (χ4n) is 1.93. The van der Waals surface area contributed by atoms with Crippen LogP contribution in [-0.2, 0) is 6.61 Å². The van der Waals surface area contributed by atoms with Gasteiger partial charge in [-0.15, -0.1) is 0 Å². The molecule has 0 amide bonds. The van der Waals surface area contributed by atoms with Gasteiger partial charge in [-0.05, 0) is 41.5 Å². The van der Waals surface area contributed by atoms with E-state index in [4.69, 9.17) is 5.11 Å². The van der Waals surface area contributed by atoms with E-state index in [0.717, 1.165) is 16.5 Å². The van der Waals surface area contributed by atoms with Crippen LogP contribution in [0.2, 0.25) is 0 Å². The van der Waals surface area contributed by atoms with Crippen LogP contribution in [0.1, 0.15) is 24.1 Å². The van der Waals surface area contributed by atoms with Crippen molar-refractivity contribution in [1.29, 1.82) is 0 Å². The molecule has 2 rings (SSSR count). The van der Waals surface area contributed by atoms with Gasteiger partial charge in [0.15, 0.2) is 0 Å². The topological polar surface area (TPSA) is 40.5 Å². The first kappa shape index (κ1) is 15.5. The molecule has 0 radical (unpaired) electrons. The first-order valence-corrected chi connectivity index (χ1v) is 6.06. The van der Waals surface area contributed by atoms with Gasteiger partial charge in [-0.2, -0.15) is 0 Å². The SMILES string of the molecule is C.Cc1ccc(B(O)c2ccc(CO)cc2)cc1C. The van der Waals surface area contributed by atoms with E-state index >= 15 is 0 Å². The van der Waals surface area contributed by atoms with Crippen LogP contribution >= 0.6 is 0 Å². The summed E-state index contributed by atoms with van der Waals surface area (Å²) in [5, 5.41) is 19.3. The molecule has 100 valence electrons. The molecule has 0 spiro atoms. The quantitative estimate of drug-likeness (QED) is 0.817. The van der Waals surface area contributed by atoms with Gasteiger partial charge in [0.1, 0.15) is 0 Å². The number of hydrogen-bond donors (Lipinski definition) is 2. The highest BCUT2D eigenvalue weighted by atomic mass is 16.3. The summed E-state index contributed by atoms with van der Waals surface area (Å²) in [6.07, 6.45) is 0. The Labute approximate surface area is 115 Å². The predicted octanol–water partition coefficient (Wildman–Crippen LogP) is 1.53. The molecule has 0 aliphatic rings. The lowest BCUT2D eigenvalue weighted by Crippen LogP contribution is -2.42. The van der Waals surface area contributed by atoms with Gasteiger partial charge in [0, 0.05) is 0 Å². The third-order valence-corrected chi connectivity index (χ3v) is 3.32. The molecule has 0 aliphatic heterocycles. The first-order valence-electron chi connectivity index (χ1n) is 6.06. The van der Waals surface area contributed by atoms with Gasteiger partial charge in [0.25, 0.3) is 0 Å². The average Bonchev–Trinajstić information content (AvgIpc) is 2.41. The molecule has 0 unspecified atom stereocenters. The Bertz CT molecular complexity index is 535. The number of rotatable bonds is 3. The maximum Gasteiger partial charge on any atom is 0.358 e.